The number of guanidine groups is 1. The third kappa shape index (κ3) is 9.13. The summed E-state index contributed by atoms with van der Waals surface area (Å²) in [5.41, 5.74) is 0. The molecule has 1 aliphatic heterocycles. The second kappa shape index (κ2) is 11.6. The minimum Gasteiger partial charge on any atom is -0.379 e. The third-order valence-electron chi connectivity index (χ3n) is 4.06. The largest absolute Gasteiger partial charge is 0.379 e. The fourth-order valence-electron chi connectivity index (χ4n) is 2.63. The average Bonchev–Trinajstić information content (AvgIpc) is 3.01. The highest BCUT2D eigenvalue weighted by Crippen LogP contribution is 2.08. The first-order valence-electron chi connectivity index (χ1n) is 8.83. The molecule has 2 atom stereocenters. The molecule has 0 saturated carbocycles. The second-order valence-corrected chi connectivity index (χ2v) is 6.84. The molecule has 6 heteroatoms. The van der Waals surface area contributed by atoms with Crippen molar-refractivity contribution < 1.29 is 9.47 Å². The molecule has 1 rings (SSSR count). The highest BCUT2D eigenvalue weighted by Gasteiger charge is 2.15. The van der Waals surface area contributed by atoms with Crippen LogP contribution in [0.2, 0.25) is 0 Å². The van der Waals surface area contributed by atoms with E-state index in [1.165, 1.54) is 6.42 Å². The van der Waals surface area contributed by atoms with E-state index in [1.54, 1.807) is 0 Å². The maximum Gasteiger partial charge on any atom is 0.191 e. The number of ether oxygens (including phenoxy) is 2. The lowest BCUT2D eigenvalue weighted by Crippen LogP contribution is -2.45. The Balaban J connectivity index is 2.15. The zero-order valence-electron chi connectivity index (χ0n) is 15.6. The van der Waals surface area contributed by atoms with Gasteiger partial charge < -0.3 is 25.0 Å². The van der Waals surface area contributed by atoms with E-state index in [4.69, 9.17) is 9.47 Å². The fourth-order valence-corrected chi connectivity index (χ4v) is 2.63. The maximum atomic E-state index is 5.76. The molecular formula is C17H36N4O2. The van der Waals surface area contributed by atoms with E-state index in [2.05, 4.69) is 48.5 Å². The molecule has 0 aromatic heterocycles. The van der Waals surface area contributed by atoms with Crippen LogP contribution in [-0.2, 0) is 9.47 Å². The Bertz CT molecular complexity index is 329. The van der Waals surface area contributed by atoms with Crippen molar-refractivity contribution in [2.45, 2.75) is 45.3 Å². The first kappa shape index (κ1) is 20.2. The number of rotatable bonds is 10. The number of likely N-dealkylation sites (N-methyl/N-ethyl adjacent to an activating group) is 1. The Morgan fingerprint density at radius 3 is 2.70 bits per heavy atom. The van der Waals surface area contributed by atoms with Crippen LogP contribution in [0.5, 0.6) is 0 Å². The molecule has 0 bridgehead atoms. The van der Waals surface area contributed by atoms with E-state index < -0.39 is 0 Å². The molecule has 23 heavy (non-hydrogen) atoms. The van der Waals surface area contributed by atoms with Crippen LogP contribution in [0, 0.1) is 5.92 Å². The minimum atomic E-state index is 0.296. The van der Waals surface area contributed by atoms with Gasteiger partial charge in [0.1, 0.15) is 0 Å². The Labute approximate surface area is 142 Å². The van der Waals surface area contributed by atoms with Gasteiger partial charge in [0.15, 0.2) is 5.96 Å². The van der Waals surface area contributed by atoms with Crippen molar-refractivity contribution in [3.8, 4) is 0 Å². The van der Waals surface area contributed by atoms with Crippen LogP contribution in [0.4, 0.5) is 0 Å². The summed E-state index contributed by atoms with van der Waals surface area (Å²) in [5.74, 6) is 1.56. The van der Waals surface area contributed by atoms with Crippen LogP contribution in [0.15, 0.2) is 4.99 Å². The fraction of sp³-hybridized carbons (Fsp3) is 0.941. The molecule has 0 amide bonds. The highest BCUT2D eigenvalue weighted by molar-refractivity contribution is 5.79. The van der Waals surface area contributed by atoms with Gasteiger partial charge in [-0.25, -0.2) is 0 Å². The smallest absolute Gasteiger partial charge is 0.191 e. The van der Waals surface area contributed by atoms with Crippen molar-refractivity contribution in [2.24, 2.45) is 10.9 Å². The summed E-state index contributed by atoms with van der Waals surface area (Å²) in [6.45, 7) is 8.65. The number of nitrogens with one attached hydrogen (secondary N) is 2. The van der Waals surface area contributed by atoms with Gasteiger partial charge >= 0.3 is 0 Å². The van der Waals surface area contributed by atoms with Crippen LogP contribution >= 0.6 is 0 Å². The van der Waals surface area contributed by atoms with Crippen LogP contribution in [0.25, 0.3) is 0 Å². The summed E-state index contributed by atoms with van der Waals surface area (Å²) in [6.07, 6.45) is 3.47. The normalized spacial score (nSPS) is 20.3. The van der Waals surface area contributed by atoms with Gasteiger partial charge in [0.05, 0.1) is 12.7 Å². The molecule has 0 aromatic rings. The van der Waals surface area contributed by atoms with Crippen LogP contribution in [0.3, 0.4) is 0 Å². The number of aliphatic imine (C=N–C) groups is 1. The van der Waals surface area contributed by atoms with Crippen LogP contribution in [-0.4, -0.2) is 77.1 Å². The SMILES string of the molecule is CN=C(NCCCOC1CCOC1)NCC(CC(C)C)N(C)C. The second-order valence-electron chi connectivity index (χ2n) is 6.84. The van der Waals surface area contributed by atoms with Crippen molar-refractivity contribution in [3.63, 3.8) is 0 Å². The molecule has 0 spiro atoms. The zero-order chi connectivity index (χ0) is 17.1. The van der Waals surface area contributed by atoms with Gasteiger partial charge in [-0.05, 0) is 39.3 Å². The first-order chi connectivity index (χ1) is 11.0. The topological polar surface area (TPSA) is 58.1 Å². The van der Waals surface area contributed by atoms with Gasteiger partial charge in [0.25, 0.3) is 0 Å². The lowest BCUT2D eigenvalue weighted by atomic mass is 10.0. The number of nitrogens with zero attached hydrogens (tertiary/aromatic N) is 2. The molecule has 1 fully saturated rings. The van der Waals surface area contributed by atoms with E-state index in [0.29, 0.717) is 18.1 Å². The van der Waals surface area contributed by atoms with Crippen molar-refractivity contribution in [2.75, 3.05) is 54.1 Å². The zero-order valence-corrected chi connectivity index (χ0v) is 15.6. The van der Waals surface area contributed by atoms with E-state index in [1.807, 2.05) is 7.05 Å². The van der Waals surface area contributed by atoms with Gasteiger partial charge in [-0.3, -0.25) is 4.99 Å². The molecule has 0 aromatic carbocycles. The Hall–Kier alpha value is -0.850. The summed E-state index contributed by atoms with van der Waals surface area (Å²) in [6, 6.07) is 0.513. The summed E-state index contributed by atoms with van der Waals surface area (Å²) in [4.78, 5) is 6.56. The summed E-state index contributed by atoms with van der Waals surface area (Å²) < 4.78 is 11.1. The highest BCUT2D eigenvalue weighted by atomic mass is 16.5. The van der Waals surface area contributed by atoms with Crippen molar-refractivity contribution >= 4 is 5.96 Å². The van der Waals surface area contributed by atoms with E-state index in [9.17, 15) is 0 Å². The number of hydrogen-bond donors (Lipinski definition) is 2. The van der Waals surface area contributed by atoms with Gasteiger partial charge in [-0.1, -0.05) is 13.8 Å². The molecular weight excluding hydrogens is 292 g/mol. The van der Waals surface area contributed by atoms with Crippen molar-refractivity contribution in [1.29, 1.82) is 0 Å². The molecule has 1 heterocycles. The van der Waals surface area contributed by atoms with Gasteiger partial charge in [0, 0.05) is 39.4 Å². The van der Waals surface area contributed by atoms with E-state index in [0.717, 1.165) is 51.7 Å². The lowest BCUT2D eigenvalue weighted by Gasteiger charge is -2.27. The van der Waals surface area contributed by atoms with E-state index in [-0.39, 0.29) is 0 Å². The monoisotopic (exact) mass is 328 g/mol. The summed E-state index contributed by atoms with van der Waals surface area (Å²) in [7, 11) is 6.08. The first-order valence-corrected chi connectivity index (χ1v) is 8.83. The third-order valence-corrected chi connectivity index (χ3v) is 4.06. The Morgan fingerprint density at radius 2 is 2.13 bits per heavy atom. The quantitative estimate of drug-likeness (QED) is 0.360. The Kier molecular flexibility index (Phi) is 10.2. The predicted octanol–water partition coefficient (Wildman–Crippen LogP) is 1.32. The molecule has 6 nitrogen and oxygen atoms in total. The van der Waals surface area contributed by atoms with Gasteiger partial charge in [-0.15, -0.1) is 0 Å². The molecule has 2 unspecified atom stereocenters. The van der Waals surface area contributed by atoms with Crippen LogP contribution < -0.4 is 10.6 Å². The Morgan fingerprint density at radius 1 is 1.35 bits per heavy atom. The minimum absolute atomic E-state index is 0.296. The molecule has 0 radical (unpaired) electrons. The predicted molar refractivity (Wildman–Crippen MR) is 96.1 cm³/mol. The maximum absolute atomic E-state index is 5.76. The molecule has 1 saturated heterocycles. The lowest BCUT2D eigenvalue weighted by molar-refractivity contribution is 0.0420. The molecule has 1 aliphatic rings. The number of hydrogen-bond acceptors (Lipinski definition) is 4. The van der Waals surface area contributed by atoms with Crippen LogP contribution in [0.1, 0.15) is 33.1 Å². The molecule has 136 valence electrons. The average molecular weight is 329 g/mol. The van der Waals surface area contributed by atoms with E-state index >= 15 is 0 Å². The summed E-state index contributed by atoms with van der Waals surface area (Å²) >= 11 is 0. The molecule has 2 N–H and O–H groups in total. The molecule has 0 aliphatic carbocycles. The standard InChI is InChI=1S/C17H36N4O2/c1-14(2)11-15(21(4)5)12-20-17(18-3)19-8-6-9-23-16-7-10-22-13-16/h14-16H,6-13H2,1-5H3,(H2,18,19,20). The van der Waals surface area contributed by atoms with Crippen molar-refractivity contribution in [1.82, 2.24) is 15.5 Å². The van der Waals surface area contributed by atoms with Gasteiger partial charge in [0.2, 0.25) is 0 Å². The summed E-state index contributed by atoms with van der Waals surface area (Å²) in [5, 5.41) is 6.78. The van der Waals surface area contributed by atoms with Gasteiger partial charge in [-0.2, -0.15) is 0 Å². The van der Waals surface area contributed by atoms with Crippen molar-refractivity contribution in [3.05, 3.63) is 0 Å².